The molecule has 1 aliphatic carbocycles. The second kappa shape index (κ2) is 6.79. The molecule has 3 heterocycles. The molecule has 7 heteroatoms. The monoisotopic (exact) mass is 400 g/mol. The van der Waals surface area contributed by atoms with Crippen LogP contribution < -0.4 is 5.73 Å². The van der Waals surface area contributed by atoms with Crippen LogP contribution in [0.2, 0.25) is 0 Å². The Morgan fingerprint density at radius 1 is 1.24 bits per heavy atom. The van der Waals surface area contributed by atoms with Crippen LogP contribution in [0.4, 0.5) is 8.78 Å². The first-order chi connectivity index (χ1) is 13.8. The van der Waals surface area contributed by atoms with E-state index in [2.05, 4.69) is 23.7 Å². The molecule has 0 unspecified atom stereocenters. The van der Waals surface area contributed by atoms with Gasteiger partial charge in [-0.05, 0) is 51.3 Å². The van der Waals surface area contributed by atoms with Crippen LogP contribution in [0.3, 0.4) is 0 Å². The normalized spacial score (nSPS) is 29.1. The highest BCUT2D eigenvalue weighted by molar-refractivity contribution is 5.32. The van der Waals surface area contributed by atoms with Crippen LogP contribution in [0.5, 0.6) is 0 Å². The maximum absolute atomic E-state index is 14.2. The molecule has 1 aromatic carbocycles. The Labute approximate surface area is 169 Å². The van der Waals surface area contributed by atoms with E-state index in [0.29, 0.717) is 18.9 Å². The summed E-state index contributed by atoms with van der Waals surface area (Å²) in [6.45, 7) is 5.48. The van der Waals surface area contributed by atoms with E-state index in [0.717, 1.165) is 35.8 Å². The van der Waals surface area contributed by atoms with Crippen LogP contribution in [0, 0.1) is 11.6 Å². The van der Waals surface area contributed by atoms with Crippen molar-refractivity contribution < 1.29 is 13.5 Å². The summed E-state index contributed by atoms with van der Waals surface area (Å²) < 4.78 is 33.8. The Hall–Kier alpha value is -1.96. The predicted octanol–water partition coefficient (Wildman–Crippen LogP) is 3.54. The first kappa shape index (κ1) is 19.0. The van der Waals surface area contributed by atoms with Gasteiger partial charge >= 0.3 is 0 Å². The van der Waals surface area contributed by atoms with E-state index in [1.807, 2.05) is 6.20 Å². The lowest BCUT2D eigenvalue weighted by Crippen LogP contribution is -2.52. The van der Waals surface area contributed by atoms with Gasteiger partial charge in [0.05, 0.1) is 12.3 Å². The number of nitrogens with zero attached hydrogens (tertiary/aromatic N) is 3. The van der Waals surface area contributed by atoms with Gasteiger partial charge in [-0.1, -0.05) is 0 Å². The fraction of sp³-hybridized carbons (Fsp3) is 0.545. The van der Waals surface area contributed by atoms with Gasteiger partial charge in [-0.15, -0.1) is 0 Å². The van der Waals surface area contributed by atoms with Crippen LogP contribution in [0.1, 0.15) is 67.8 Å². The molecule has 5 nitrogen and oxygen atoms in total. The summed E-state index contributed by atoms with van der Waals surface area (Å²) in [5, 5.41) is 0. The van der Waals surface area contributed by atoms with E-state index >= 15 is 0 Å². The molecule has 1 saturated heterocycles. The van der Waals surface area contributed by atoms with Crippen molar-refractivity contribution in [2.75, 3.05) is 6.61 Å². The number of rotatable bonds is 3. The van der Waals surface area contributed by atoms with Crippen LogP contribution in [-0.2, 0) is 16.8 Å². The molecule has 2 fully saturated rings. The van der Waals surface area contributed by atoms with Crippen molar-refractivity contribution in [3.05, 3.63) is 58.7 Å². The van der Waals surface area contributed by atoms with Crippen molar-refractivity contribution in [1.82, 2.24) is 14.9 Å². The maximum atomic E-state index is 14.2. The number of fused-ring (bicyclic) bond motifs is 1. The van der Waals surface area contributed by atoms with Crippen LogP contribution in [0.25, 0.3) is 0 Å². The molecule has 2 aliphatic heterocycles. The summed E-state index contributed by atoms with van der Waals surface area (Å²) in [7, 11) is 0. The molecule has 0 spiro atoms. The number of hydrogen-bond acceptors (Lipinski definition) is 5. The lowest BCUT2D eigenvalue weighted by Gasteiger charge is -2.44. The number of halogens is 2. The third-order valence-corrected chi connectivity index (χ3v) is 6.63. The highest BCUT2D eigenvalue weighted by Crippen LogP contribution is 2.44. The minimum atomic E-state index is -0.642. The standard InChI is InChI=1S/C22H26F2N4O/c1-22(2)16-9-26-21(12-3-4-12)27-19(16)10-28(22)14-8-18(25)20(29-11-14)15-7-13(23)5-6-17(15)24/h5-7,9,12,14,18,20H,3-4,8,10-11,25H2,1-2H3/t14-,18+,20-/m1/s1. The quantitative estimate of drug-likeness (QED) is 0.854. The second-order valence-corrected chi connectivity index (χ2v) is 9.02. The van der Waals surface area contributed by atoms with Crippen molar-refractivity contribution in [3.63, 3.8) is 0 Å². The fourth-order valence-electron chi connectivity index (χ4n) is 4.82. The maximum Gasteiger partial charge on any atom is 0.131 e. The van der Waals surface area contributed by atoms with Gasteiger partial charge in [-0.3, -0.25) is 4.90 Å². The molecule has 2 aromatic rings. The molecule has 29 heavy (non-hydrogen) atoms. The van der Waals surface area contributed by atoms with Gasteiger partial charge in [0, 0.05) is 47.4 Å². The third kappa shape index (κ3) is 3.25. The Morgan fingerprint density at radius 3 is 2.76 bits per heavy atom. The van der Waals surface area contributed by atoms with Gasteiger partial charge in [0.2, 0.25) is 0 Å². The molecule has 1 aromatic heterocycles. The van der Waals surface area contributed by atoms with Gasteiger partial charge < -0.3 is 10.5 Å². The van der Waals surface area contributed by atoms with Crippen molar-refractivity contribution in [2.24, 2.45) is 5.73 Å². The van der Waals surface area contributed by atoms with Crippen LogP contribution in [0.15, 0.2) is 24.4 Å². The largest absolute Gasteiger partial charge is 0.370 e. The fourth-order valence-corrected chi connectivity index (χ4v) is 4.82. The summed E-state index contributed by atoms with van der Waals surface area (Å²) >= 11 is 0. The highest BCUT2D eigenvalue weighted by Gasteiger charge is 2.45. The lowest BCUT2D eigenvalue weighted by atomic mass is 9.90. The van der Waals surface area contributed by atoms with E-state index in [9.17, 15) is 8.78 Å². The lowest BCUT2D eigenvalue weighted by molar-refractivity contribution is -0.0736. The molecular weight excluding hydrogens is 374 g/mol. The van der Waals surface area contributed by atoms with Crippen molar-refractivity contribution in [1.29, 1.82) is 0 Å². The SMILES string of the molecule is CC1(C)c2cnc(C3CC3)nc2CN1[C@H]1CO[C@H](c2cc(F)ccc2F)[C@@H](N)C1. The zero-order chi connectivity index (χ0) is 20.3. The number of ether oxygens (including phenoxy) is 1. The molecule has 5 rings (SSSR count). The third-order valence-electron chi connectivity index (χ3n) is 6.63. The molecule has 3 atom stereocenters. The Morgan fingerprint density at radius 2 is 2.03 bits per heavy atom. The smallest absolute Gasteiger partial charge is 0.131 e. The summed E-state index contributed by atoms with van der Waals surface area (Å²) in [6, 6.07) is 3.08. The van der Waals surface area contributed by atoms with Crippen molar-refractivity contribution >= 4 is 0 Å². The van der Waals surface area contributed by atoms with Crippen molar-refractivity contribution in [3.8, 4) is 0 Å². The predicted molar refractivity (Wildman–Crippen MR) is 104 cm³/mol. The first-order valence-electron chi connectivity index (χ1n) is 10.3. The molecular formula is C22H26F2N4O. The van der Waals surface area contributed by atoms with Gasteiger partial charge in [0.15, 0.2) is 0 Å². The van der Waals surface area contributed by atoms with E-state index in [1.54, 1.807) is 0 Å². The van der Waals surface area contributed by atoms with E-state index in [-0.39, 0.29) is 17.1 Å². The summed E-state index contributed by atoms with van der Waals surface area (Å²) in [6.07, 6.45) is 4.33. The van der Waals surface area contributed by atoms with Crippen LogP contribution >= 0.6 is 0 Å². The molecule has 0 amide bonds. The summed E-state index contributed by atoms with van der Waals surface area (Å²) in [4.78, 5) is 11.8. The number of aromatic nitrogens is 2. The Bertz CT molecular complexity index is 946. The average Bonchev–Trinajstić information content (AvgIpc) is 3.49. The molecule has 2 N–H and O–H groups in total. The zero-order valence-corrected chi connectivity index (χ0v) is 16.7. The average molecular weight is 400 g/mol. The Balaban J connectivity index is 1.35. The number of nitrogens with two attached hydrogens (primary N) is 1. The van der Waals surface area contributed by atoms with Gasteiger partial charge in [-0.25, -0.2) is 18.7 Å². The van der Waals surface area contributed by atoms with E-state index in [4.69, 9.17) is 15.5 Å². The van der Waals surface area contributed by atoms with Gasteiger partial charge in [0.1, 0.15) is 23.6 Å². The highest BCUT2D eigenvalue weighted by atomic mass is 19.1. The number of hydrogen-bond donors (Lipinski definition) is 1. The first-order valence-corrected chi connectivity index (χ1v) is 10.3. The van der Waals surface area contributed by atoms with Gasteiger partial charge in [-0.2, -0.15) is 0 Å². The van der Waals surface area contributed by atoms with E-state index < -0.39 is 23.8 Å². The van der Waals surface area contributed by atoms with Gasteiger partial charge in [0.25, 0.3) is 0 Å². The molecule has 0 radical (unpaired) electrons. The second-order valence-electron chi connectivity index (χ2n) is 9.02. The minimum Gasteiger partial charge on any atom is -0.370 e. The zero-order valence-electron chi connectivity index (χ0n) is 16.7. The summed E-state index contributed by atoms with van der Waals surface area (Å²) in [5.41, 5.74) is 8.57. The van der Waals surface area contributed by atoms with Crippen molar-refractivity contribution in [2.45, 2.75) is 69.3 Å². The number of benzene rings is 1. The molecule has 1 saturated carbocycles. The minimum absolute atomic E-state index is 0.0754. The van der Waals surface area contributed by atoms with E-state index in [1.165, 1.54) is 18.9 Å². The summed E-state index contributed by atoms with van der Waals surface area (Å²) in [5.74, 6) is 0.507. The van der Waals surface area contributed by atoms with Crippen LogP contribution in [-0.4, -0.2) is 33.6 Å². The molecule has 0 bridgehead atoms. The molecule has 154 valence electrons. The topological polar surface area (TPSA) is 64.3 Å². The Kier molecular flexibility index (Phi) is 4.46. The molecule has 3 aliphatic rings.